The summed E-state index contributed by atoms with van der Waals surface area (Å²) >= 11 is 1.82. The maximum atomic E-state index is 12.7. The molecule has 2 atom stereocenters. The first-order chi connectivity index (χ1) is 9.96. The Morgan fingerprint density at radius 3 is 2.62 bits per heavy atom. The Kier molecular flexibility index (Phi) is 5.33. The molecule has 0 bridgehead atoms. The molecule has 0 radical (unpaired) electrons. The maximum Gasteiger partial charge on any atom is 0.243 e. The first kappa shape index (κ1) is 16.4. The van der Waals surface area contributed by atoms with Crippen LogP contribution in [0, 0.1) is 11.8 Å². The van der Waals surface area contributed by atoms with Crippen LogP contribution in [0.25, 0.3) is 0 Å². The summed E-state index contributed by atoms with van der Waals surface area (Å²) in [6, 6.07) is 6.69. The van der Waals surface area contributed by atoms with Gasteiger partial charge in [0.15, 0.2) is 0 Å². The van der Waals surface area contributed by atoms with Gasteiger partial charge in [0.1, 0.15) is 0 Å². The van der Waals surface area contributed by atoms with E-state index in [0.29, 0.717) is 23.2 Å². The summed E-state index contributed by atoms with van der Waals surface area (Å²) in [7, 11) is -3.43. The lowest BCUT2D eigenvalue weighted by Gasteiger charge is -2.36. The first-order valence-electron chi connectivity index (χ1n) is 6.89. The lowest BCUT2D eigenvalue weighted by molar-refractivity contribution is 0.340. The maximum absolute atomic E-state index is 12.7. The minimum absolute atomic E-state index is 0.00505. The van der Waals surface area contributed by atoms with Gasteiger partial charge in [-0.05, 0) is 31.2 Å². The van der Waals surface area contributed by atoms with Crippen molar-refractivity contribution in [1.82, 2.24) is 4.31 Å². The highest BCUT2D eigenvalue weighted by Gasteiger charge is 2.34. The highest BCUT2D eigenvalue weighted by molar-refractivity contribution is 8.00. The SMILES string of the molecule is CC1SCCN(S(=O)(=O)c2ccc(C#CCN)cc2)C1C. The largest absolute Gasteiger partial charge is 0.320 e. The van der Waals surface area contributed by atoms with Gasteiger partial charge in [-0.3, -0.25) is 0 Å². The van der Waals surface area contributed by atoms with Crippen molar-refractivity contribution in [3.05, 3.63) is 29.8 Å². The van der Waals surface area contributed by atoms with Gasteiger partial charge in [-0.2, -0.15) is 16.1 Å². The Balaban J connectivity index is 2.27. The van der Waals surface area contributed by atoms with Gasteiger partial charge in [-0.25, -0.2) is 8.42 Å². The minimum atomic E-state index is -3.43. The van der Waals surface area contributed by atoms with Gasteiger partial charge < -0.3 is 5.73 Å². The van der Waals surface area contributed by atoms with Crippen LogP contribution in [0.3, 0.4) is 0 Å². The molecule has 1 aliphatic rings. The van der Waals surface area contributed by atoms with Gasteiger partial charge in [-0.1, -0.05) is 18.8 Å². The van der Waals surface area contributed by atoms with Crippen LogP contribution in [0.15, 0.2) is 29.2 Å². The fourth-order valence-corrected chi connectivity index (χ4v) is 5.24. The van der Waals surface area contributed by atoms with E-state index in [4.69, 9.17) is 5.73 Å². The standard InChI is InChI=1S/C15H20N2O2S2/c1-12-13(2)20-11-10-17(12)21(18,19)15-7-5-14(6-8-15)4-3-9-16/h5-8,12-13H,9-11,16H2,1-2H3. The monoisotopic (exact) mass is 324 g/mol. The summed E-state index contributed by atoms with van der Waals surface area (Å²) in [5.41, 5.74) is 6.10. The molecule has 1 aromatic rings. The van der Waals surface area contributed by atoms with Crippen molar-refractivity contribution in [3.8, 4) is 11.8 Å². The van der Waals surface area contributed by atoms with Gasteiger partial charge in [-0.15, -0.1) is 0 Å². The van der Waals surface area contributed by atoms with E-state index in [0.717, 1.165) is 11.3 Å². The molecule has 0 amide bonds. The summed E-state index contributed by atoms with van der Waals surface area (Å²) < 4.78 is 27.1. The van der Waals surface area contributed by atoms with Gasteiger partial charge in [0.25, 0.3) is 0 Å². The normalized spacial score (nSPS) is 23.4. The lowest BCUT2D eigenvalue weighted by Crippen LogP contribution is -2.47. The third-order valence-corrected chi connectivity index (χ3v) is 6.96. The van der Waals surface area contributed by atoms with E-state index >= 15 is 0 Å². The number of rotatable bonds is 2. The third kappa shape index (κ3) is 3.61. The van der Waals surface area contributed by atoms with Crippen LogP contribution in [0.2, 0.25) is 0 Å². The van der Waals surface area contributed by atoms with E-state index < -0.39 is 10.0 Å². The highest BCUT2D eigenvalue weighted by atomic mass is 32.2. The molecule has 6 heteroatoms. The summed E-state index contributed by atoms with van der Waals surface area (Å²) in [6.45, 7) is 4.89. The van der Waals surface area contributed by atoms with Crippen molar-refractivity contribution < 1.29 is 8.42 Å². The Morgan fingerprint density at radius 1 is 1.33 bits per heavy atom. The van der Waals surface area contributed by atoms with Crippen molar-refractivity contribution in [1.29, 1.82) is 0 Å². The molecule has 2 unspecified atom stereocenters. The number of hydrogen-bond acceptors (Lipinski definition) is 4. The third-order valence-electron chi connectivity index (χ3n) is 3.62. The fraction of sp³-hybridized carbons (Fsp3) is 0.467. The number of hydrogen-bond donors (Lipinski definition) is 1. The second-order valence-electron chi connectivity index (χ2n) is 4.96. The second kappa shape index (κ2) is 6.84. The summed E-state index contributed by atoms with van der Waals surface area (Å²) in [4.78, 5) is 0.326. The zero-order valence-corrected chi connectivity index (χ0v) is 13.9. The topological polar surface area (TPSA) is 63.4 Å². The predicted molar refractivity (Wildman–Crippen MR) is 87.6 cm³/mol. The molecule has 0 saturated carbocycles. The van der Waals surface area contributed by atoms with Crippen LogP contribution in [0.1, 0.15) is 19.4 Å². The number of nitrogens with two attached hydrogens (primary N) is 1. The van der Waals surface area contributed by atoms with Crippen molar-refractivity contribution in [3.63, 3.8) is 0 Å². The highest BCUT2D eigenvalue weighted by Crippen LogP contribution is 2.29. The molecule has 4 nitrogen and oxygen atoms in total. The average molecular weight is 324 g/mol. The Hall–Kier alpha value is -1.00. The Bertz CT molecular complexity index is 644. The lowest BCUT2D eigenvalue weighted by atomic mass is 10.2. The molecule has 2 rings (SSSR count). The second-order valence-corrected chi connectivity index (χ2v) is 8.34. The molecule has 0 aromatic heterocycles. The number of sulfonamides is 1. The molecule has 1 aliphatic heterocycles. The van der Waals surface area contributed by atoms with Crippen molar-refractivity contribution in [2.75, 3.05) is 18.8 Å². The quantitative estimate of drug-likeness (QED) is 0.838. The van der Waals surface area contributed by atoms with Gasteiger partial charge in [0.05, 0.1) is 11.4 Å². The van der Waals surface area contributed by atoms with Crippen LogP contribution < -0.4 is 5.73 Å². The van der Waals surface area contributed by atoms with Crippen molar-refractivity contribution in [2.24, 2.45) is 5.73 Å². The fourth-order valence-electron chi connectivity index (χ4n) is 2.24. The van der Waals surface area contributed by atoms with Gasteiger partial charge >= 0.3 is 0 Å². The smallest absolute Gasteiger partial charge is 0.243 e. The van der Waals surface area contributed by atoms with Gasteiger partial charge in [0.2, 0.25) is 10.0 Å². The zero-order valence-electron chi connectivity index (χ0n) is 12.2. The number of nitrogens with zero attached hydrogens (tertiary/aromatic N) is 1. The molecule has 0 aliphatic carbocycles. The van der Waals surface area contributed by atoms with Crippen molar-refractivity contribution in [2.45, 2.75) is 30.0 Å². The Labute approximate surface area is 131 Å². The van der Waals surface area contributed by atoms with E-state index in [2.05, 4.69) is 18.8 Å². The van der Waals surface area contributed by atoms with E-state index in [9.17, 15) is 8.42 Å². The van der Waals surface area contributed by atoms with Crippen LogP contribution in [0.5, 0.6) is 0 Å². The molecule has 1 saturated heterocycles. The Morgan fingerprint density at radius 2 is 2.00 bits per heavy atom. The summed E-state index contributed by atoms with van der Waals surface area (Å²) in [5.74, 6) is 6.48. The van der Waals surface area contributed by atoms with Crippen LogP contribution in [-0.4, -0.2) is 42.9 Å². The van der Waals surface area contributed by atoms with Crippen LogP contribution >= 0.6 is 11.8 Å². The number of thioether (sulfide) groups is 1. The van der Waals surface area contributed by atoms with E-state index in [1.165, 1.54) is 0 Å². The van der Waals surface area contributed by atoms with Crippen LogP contribution in [-0.2, 0) is 10.0 Å². The summed E-state index contributed by atoms with van der Waals surface area (Å²) in [5, 5.41) is 0.309. The van der Waals surface area contributed by atoms with Crippen molar-refractivity contribution >= 4 is 21.8 Å². The minimum Gasteiger partial charge on any atom is -0.320 e. The molecule has 21 heavy (non-hydrogen) atoms. The molecule has 1 aromatic carbocycles. The molecule has 0 spiro atoms. The average Bonchev–Trinajstić information content (AvgIpc) is 2.48. The molecule has 1 fully saturated rings. The molecule has 1 heterocycles. The molecular formula is C15H20N2O2S2. The van der Waals surface area contributed by atoms with Gasteiger partial charge in [0, 0.05) is 29.2 Å². The van der Waals surface area contributed by atoms with E-state index in [1.54, 1.807) is 28.6 Å². The zero-order chi connectivity index (χ0) is 15.5. The van der Waals surface area contributed by atoms with E-state index in [1.807, 2.05) is 18.7 Å². The summed E-state index contributed by atoms with van der Waals surface area (Å²) in [6.07, 6.45) is 0. The molecule has 2 N–H and O–H groups in total. The molecular weight excluding hydrogens is 304 g/mol. The molecule has 114 valence electrons. The van der Waals surface area contributed by atoms with Crippen LogP contribution in [0.4, 0.5) is 0 Å². The predicted octanol–water partition coefficient (Wildman–Crippen LogP) is 1.51. The number of benzene rings is 1. The first-order valence-corrected chi connectivity index (χ1v) is 9.38. The van der Waals surface area contributed by atoms with E-state index in [-0.39, 0.29) is 6.04 Å².